The zero-order chi connectivity index (χ0) is 13.9. The van der Waals surface area contributed by atoms with Crippen LogP contribution in [0.1, 0.15) is 19.3 Å². The van der Waals surface area contributed by atoms with E-state index >= 15 is 0 Å². The Morgan fingerprint density at radius 1 is 1.10 bits per heavy atom. The average Bonchev–Trinajstić information content (AvgIpc) is 2.48. The number of benzene rings is 1. The van der Waals surface area contributed by atoms with E-state index in [-0.39, 0.29) is 5.91 Å². The molecule has 106 valence electrons. The van der Waals surface area contributed by atoms with Gasteiger partial charge in [0.25, 0.3) is 0 Å². The number of ether oxygens (including phenoxy) is 1. The highest BCUT2D eigenvalue weighted by molar-refractivity contribution is 5.99. The molecule has 0 atom stereocenters. The third kappa shape index (κ3) is 2.54. The van der Waals surface area contributed by atoms with Gasteiger partial charge in [0.2, 0.25) is 5.91 Å². The van der Waals surface area contributed by atoms with Gasteiger partial charge in [-0.2, -0.15) is 0 Å². The van der Waals surface area contributed by atoms with E-state index in [1.807, 2.05) is 34.1 Å². The molecule has 0 radical (unpaired) electrons. The SMILES string of the molecule is N=C1COCCN1c1cccc(N2CCCCC2=O)c1. The minimum atomic E-state index is 0.199. The van der Waals surface area contributed by atoms with E-state index in [1.54, 1.807) is 0 Å². The molecular weight excluding hydrogens is 254 g/mol. The van der Waals surface area contributed by atoms with Crippen LogP contribution in [0.4, 0.5) is 11.4 Å². The molecule has 0 bridgehead atoms. The van der Waals surface area contributed by atoms with Crippen molar-refractivity contribution in [1.82, 2.24) is 0 Å². The highest BCUT2D eigenvalue weighted by atomic mass is 16.5. The van der Waals surface area contributed by atoms with Gasteiger partial charge in [0, 0.05) is 30.9 Å². The fourth-order valence-corrected chi connectivity index (χ4v) is 2.73. The number of amidine groups is 1. The number of nitrogens with zero attached hydrogens (tertiary/aromatic N) is 2. The van der Waals surface area contributed by atoms with Gasteiger partial charge in [-0.15, -0.1) is 0 Å². The summed E-state index contributed by atoms with van der Waals surface area (Å²) in [7, 11) is 0. The maximum atomic E-state index is 12.0. The van der Waals surface area contributed by atoms with E-state index in [0.29, 0.717) is 32.0 Å². The van der Waals surface area contributed by atoms with Crippen LogP contribution in [-0.4, -0.2) is 38.0 Å². The third-order valence-electron chi connectivity index (χ3n) is 3.80. The van der Waals surface area contributed by atoms with Crippen LogP contribution in [0.25, 0.3) is 0 Å². The number of rotatable bonds is 2. The Labute approximate surface area is 118 Å². The summed E-state index contributed by atoms with van der Waals surface area (Å²) in [6.45, 7) is 2.47. The van der Waals surface area contributed by atoms with E-state index in [1.165, 1.54) is 0 Å². The molecule has 0 aromatic heterocycles. The quantitative estimate of drug-likeness (QED) is 0.897. The largest absolute Gasteiger partial charge is 0.372 e. The monoisotopic (exact) mass is 273 g/mol. The summed E-state index contributed by atoms with van der Waals surface area (Å²) >= 11 is 0. The number of hydrogen-bond acceptors (Lipinski definition) is 3. The van der Waals surface area contributed by atoms with Crippen LogP contribution in [-0.2, 0) is 9.53 Å². The number of carbonyl (C=O) groups is 1. The summed E-state index contributed by atoms with van der Waals surface area (Å²) in [5, 5.41) is 7.96. The highest BCUT2D eigenvalue weighted by Crippen LogP contribution is 2.26. The lowest BCUT2D eigenvalue weighted by molar-refractivity contribution is -0.119. The van der Waals surface area contributed by atoms with Crippen molar-refractivity contribution in [3.63, 3.8) is 0 Å². The predicted molar refractivity (Wildman–Crippen MR) is 78.5 cm³/mol. The van der Waals surface area contributed by atoms with Gasteiger partial charge in [-0.1, -0.05) is 6.07 Å². The van der Waals surface area contributed by atoms with Gasteiger partial charge in [0.1, 0.15) is 12.4 Å². The molecule has 1 N–H and O–H groups in total. The second-order valence-corrected chi connectivity index (χ2v) is 5.17. The summed E-state index contributed by atoms with van der Waals surface area (Å²) in [5.74, 6) is 0.670. The number of carbonyl (C=O) groups excluding carboxylic acids is 1. The molecule has 1 amide bonds. The number of amides is 1. The summed E-state index contributed by atoms with van der Waals surface area (Å²) < 4.78 is 5.27. The minimum absolute atomic E-state index is 0.199. The second kappa shape index (κ2) is 5.63. The van der Waals surface area contributed by atoms with E-state index < -0.39 is 0 Å². The summed E-state index contributed by atoms with van der Waals surface area (Å²) in [4.78, 5) is 15.8. The predicted octanol–water partition coefficient (Wildman–Crippen LogP) is 2.02. The van der Waals surface area contributed by atoms with Gasteiger partial charge < -0.3 is 14.5 Å². The zero-order valence-corrected chi connectivity index (χ0v) is 11.5. The zero-order valence-electron chi connectivity index (χ0n) is 11.5. The fraction of sp³-hybridized carbons (Fsp3) is 0.467. The highest BCUT2D eigenvalue weighted by Gasteiger charge is 2.22. The standard InChI is InChI=1S/C15H19N3O2/c16-14-11-20-9-8-17(14)12-4-3-5-13(10-12)18-7-2-1-6-15(18)19/h3-5,10,16H,1-2,6-9,11H2. The Hall–Kier alpha value is -1.88. The first-order chi connectivity index (χ1) is 9.75. The average molecular weight is 273 g/mol. The normalized spacial score (nSPS) is 20.4. The Bertz CT molecular complexity index is 486. The van der Waals surface area contributed by atoms with Crippen molar-refractivity contribution in [3.05, 3.63) is 24.3 Å². The topological polar surface area (TPSA) is 56.6 Å². The first-order valence-electron chi connectivity index (χ1n) is 7.09. The molecule has 2 heterocycles. The van der Waals surface area contributed by atoms with Crippen molar-refractivity contribution < 1.29 is 9.53 Å². The van der Waals surface area contributed by atoms with Crippen LogP contribution >= 0.6 is 0 Å². The lowest BCUT2D eigenvalue weighted by Crippen LogP contribution is -2.41. The second-order valence-electron chi connectivity index (χ2n) is 5.17. The number of nitrogens with one attached hydrogen (secondary N) is 1. The molecule has 2 aliphatic rings. The van der Waals surface area contributed by atoms with Crippen LogP contribution in [0.3, 0.4) is 0 Å². The van der Waals surface area contributed by atoms with Gasteiger partial charge in [0.15, 0.2) is 0 Å². The number of hydrogen-bond donors (Lipinski definition) is 1. The van der Waals surface area contributed by atoms with Crippen molar-refractivity contribution in [3.8, 4) is 0 Å². The molecular formula is C15H19N3O2. The van der Waals surface area contributed by atoms with Gasteiger partial charge >= 0.3 is 0 Å². The molecule has 5 heteroatoms. The lowest BCUT2D eigenvalue weighted by Gasteiger charge is -2.31. The Morgan fingerprint density at radius 2 is 1.90 bits per heavy atom. The summed E-state index contributed by atoms with van der Waals surface area (Å²) in [5.41, 5.74) is 1.90. The molecule has 20 heavy (non-hydrogen) atoms. The molecule has 2 aliphatic heterocycles. The van der Waals surface area contributed by atoms with E-state index in [2.05, 4.69) is 0 Å². The molecule has 1 aromatic rings. The minimum Gasteiger partial charge on any atom is -0.372 e. The first-order valence-corrected chi connectivity index (χ1v) is 7.09. The molecule has 2 saturated heterocycles. The fourth-order valence-electron chi connectivity index (χ4n) is 2.73. The van der Waals surface area contributed by atoms with Crippen LogP contribution in [0, 0.1) is 5.41 Å². The first kappa shape index (κ1) is 13.1. The van der Waals surface area contributed by atoms with E-state index in [4.69, 9.17) is 10.1 Å². The molecule has 0 saturated carbocycles. The Balaban J connectivity index is 1.85. The van der Waals surface area contributed by atoms with Crippen molar-refractivity contribution in [2.45, 2.75) is 19.3 Å². The Morgan fingerprint density at radius 3 is 2.65 bits per heavy atom. The summed E-state index contributed by atoms with van der Waals surface area (Å²) in [6.07, 6.45) is 2.68. The van der Waals surface area contributed by atoms with Crippen LogP contribution < -0.4 is 9.80 Å². The molecule has 0 unspecified atom stereocenters. The van der Waals surface area contributed by atoms with Crippen molar-refractivity contribution in [2.24, 2.45) is 0 Å². The third-order valence-corrected chi connectivity index (χ3v) is 3.80. The molecule has 0 spiro atoms. The number of anilines is 2. The van der Waals surface area contributed by atoms with Crippen LogP contribution in [0.2, 0.25) is 0 Å². The number of piperidine rings is 1. The van der Waals surface area contributed by atoms with Gasteiger partial charge in [-0.25, -0.2) is 0 Å². The van der Waals surface area contributed by atoms with E-state index in [0.717, 1.165) is 30.8 Å². The molecule has 2 fully saturated rings. The van der Waals surface area contributed by atoms with Gasteiger partial charge in [0.05, 0.1) is 6.61 Å². The Kier molecular flexibility index (Phi) is 3.69. The molecule has 3 rings (SSSR count). The van der Waals surface area contributed by atoms with E-state index in [9.17, 15) is 4.79 Å². The maximum Gasteiger partial charge on any atom is 0.226 e. The summed E-state index contributed by atoms with van der Waals surface area (Å²) in [6, 6.07) is 7.91. The number of morpholine rings is 1. The van der Waals surface area contributed by atoms with Crippen molar-refractivity contribution in [2.75, 3.05) is 36.1 Å². The van der Waals surface area contributed by atoms with Crippen molar-refractivity contribution in [1.29, 1.82) is 5.41 Å². The van der Waals surface area contributed by atoms with Gasteiger partial charge in [-0.05, 0) is 31.0 Å². The van der Waals surface area contributed by atoms with Crippen molar-refractivity contribution >= 4 is 23.1 Å². The smallest absolute Gasteiger partial charge is 0.226 e. The molecule has 1 aromatic carbocycles. The van der Waals surface area contributed by atoms with Crippen LogP contribution in [0.15, 0.2) is 24.3 Å². The molecule has 0 aliphatic carbocycles. The molecule has 5 nitrogen and oxygen atoms in total. The van der Waals surface area contributed by atoms with Gasteiger partial charge in [-0.3, -0.25) is 10.2 Å². The van der Waals surface area contributed by atoms with Crippen LogP contribution in [0.5, 0.6) is 0 Å². The lowest BCUT2D eigenvalue weighted by atomic mass is 10.1. The maximum absolute atomic E-state index is 12.0.